The number of hydrogen-bond donors (Lipinski definition) is 3. The zero-order chi connectivity index (χ0) is 42.0. The number of nitrogens with two attached hydrogens (primary N) is 1. The molecule has 1 rings (SSSR count). The quantitative estimate of drug-likeness (QED) is 0.0255. The van der Waals surface area contributed by atoms with E-state index < -0.39 is 32.5 Å². The van der Waals surface area contributed by atoms with Crippen molar-refractivity contribution in [1.29, 1.82) is 0 Å². The van der Waals surface area contributed by atoms with Crippen molar-refractivity contribution in [2.75, 3.05) is 26.4 Å². The van der Waals surface area contributed by atoms with Gasteiger partial charge in [0.1, 0.15) is 18.1 Å². The Morgan fingerprint density at radius 2 is 1.30 bits per heavy atom. The van der Waals surface area contributed by atoms with E-state index in [0.717, 1.165) is 101 Å². The normalized spacial score (nSPS) is 14.3. The number of phosphoric ester groups is 1. The van der Waals surface area contributed by atoms with E-state index in [0.29, 0.717) is 19.3 Å². The number of hydrogen-bond acceptors (Lipinski definition) is 10. The second-order valence-corrected chi connectivity index (χ2v) is 16.1. The molecule has 0 spiro atoms. The minimum absolute atomic E-state index is 0.0314. The summed E-state index contributed by atoms with van der Waals surface area (Å²) in [7, 11) is -4.41. The van der Waals surface area contributed by atoms with Gasteiger partial charge in [0.05, 0.1) is 19.3 Å². The van der Waals surface area contributed by atoms with Gasteiger partial charge in [-0.1, -0.05) is 114 Å². The Labute approximate surface area is 344 Å². The lowest BCUT2D eigenvalue weighted by atomic mass is 10.0. The molecular formula is C45H76NO10P. The first-order chi connectivity index (χ1) is 27.5. The number of carbonyl (C=O) groups excluding carboxylic acids is 2. The molecule has 57 heavy (non-hydrogen) atoms. The molecule has 4 N–H and O–H groups in total. The van der Waals surface area contributed by atoms with Crippen LogP contribution in [0.3, 0.4) is 0 Å². The molecule has 0 aromatic carbocycles. The largest absolute Gasteiger partial charge is 0.472 e. The van der Waals surface area contributed by atoms with Crippen molar-refractivity contribution in [3.05, 3.63) is 71.3 Å². The molecule has 11 nitrogen and oxygen atoms in total. The lowest BCUT2D eigenvalue weighted by molar-refractivity contribution is -0.161. The first-order valence-electron chi connectivity index (χ1n) is 21.6. The second-order valence-electron chi connectivity index (χ2n) is 14.6. The highest BCUT2D eigenvalue weighted by atomic mass is 31.2. The fourth-order valence-corrected chi connectivity index (χ4v) is 6.75. The van der Waals surface area contributed by atoms with Gasteiger partial charge in [0.15, 0.2) is 6.10 Å². The van der Waals surface area contributed by atoms with Crippen molar-refractivity contribution in [1.82, 2.24) is 0 Å². The molecule has 0 aliphatic carbocycles. The smallest absolute Gasteiger partial charge is 0.466 e. The van der Waals surface area contributed by atoms with Gasteiger partial charge >= 0.3 is 19.8 Å². The maximum Gasteiger partial charge on any atom is 0.472 e. The summed E-state index contributed by atoms with van der Waals surface area (Å²) in [6, 6.07) is 0. The highest BCUT2D eigenvalue weighted by Crippen LogP contribution is 2.43. The zero-order valence-electron chi connectivity index (χ0n) is 35.6. The molecule has 1 heterocycles. The summed E-state index contributed by atoms with van der Waals surface area (Å²) in [6.07, 6.45) is 33.3. The molecule has 1 unspecified atom stereocenters. The zero-order valence-corrected chi connectivity index (χ0v) is 36.5. The van der Waals surface area contributed by atoms with Gasteiger partial charge in [-0.25, -0.2) is 4.57 Å². The first-order valence-corrected chi connectivity index (χ1v) is 23.1. The number of unbranched alkanes of at least 4 members (excludes halogenated alkanes) is 9. The van der Waals surface area contributed by atoms with Crippen molar-refractivity contribution < 1.29 is 47.1 Å². The van der Waals surface area contributed by atoms with Crippen LogP contribution >= 0.6 is 7.82 Å². The summed E-state index contributed by atoms with van der Waals surface area (Å²) in [4.78, 5) is 34.9. The van der Waals surface area contributed by atoms with Gasteiger partial charge in [0.25, 0.3) is 0 Å². The number of rotatable bonds is 36. The fraction of sp³-hybridized carbons (Fsp3) is 0.689. The van der Waals surface area contributed by atoms with E-state index in [1.807, 2.05) is 24.3 Å². The number of furan rings is 1. The fourth-order valence-electron chi connectivity index (χ4n) is 5.99. The minimum Gasteiger partial charge on any atom is -0.466 e. The van der Waals surface area contributed by atoms with Gasteiger partial charge in [-0.05, 0) is 82.8 Å². The Bertz CT molecular complexity index is 1370. The molecule has 1 aromatic rings. The second kappa shape index (κ2) is 34.1. The molecule has 326 valence electrons. The molecule has 0 bridgehead atoms. The lowest BCUT2D eigenvalue weighted by Gasteiger charge is -2.19. The number of aliphatic hydroxyl groups is 1. The maximum atomic E-state index is 12.6. The molecular weight excluding hydrogens is 745 g/mol. The predicted molar refractivity (Wildman–Crippen MR) is 229 cm³/mol. The van der Waals surface area contributed by atoms with E-state index in [9.17, 15) is 24.2 Å². The Morgan fingerprint density at radius 1 is 0.719 bits per heavy atom. The number of esters is 2. The maximum absolute atomic E-state index is 12.6. The van der Waals surface area contributed by atoms with E-state index in [1.165, 1.54) is 24.0 Å². The average molecular weight is 822 g/mol. The summed E-state index contributed by atoms with van der Waals surface area (Å²) in [5, 5.41) is 9.81. The molecule has 0 fully saturated rings. The van der Waals surface area contributed by atoms with Crippen molar-refractivity contribution in [2.24, 2.45) is 5.73 Å². The van der Waals surface area contributed by atoms with Crippen LogP contribution in [-0.2, 0) is 45.5 Å². The number of ether oxygens (including phenoxy) is 2. The SMILES string of the molecule is CCCC[C@H](O)/C=C\C/C=C\C/C=C\C/C=C\CCCC(=O)OC[C@H](COP(=O)(O)OCCN)OC(=O)CCCCCCCCCCc1oc(CCC)c(C)c1C. The van der Waals surface area contributed by atoms with Crippen LogP contribution in [-0.4, -0.2) is 60.5 Å². The van der Waals surface area contributed by atoms with Gasteiger partial charge in [0, 0.05) is 32.2 Å². The number of aryl methyl sites for hydroxylation is 2. The summed E-state index contributed by atoms with van der Waals surface area (Å²) in [5.74, 6) is 1.33. The lowest BCUT2D eigenvalue weighted by Crippen LogP contribution is -2.29. The van der Waals surface area contributed by atoms with E-state index in [1.54, 1.807) is 0 Å². The Kier molecular flexibility index (Phi) is 31.3. The van der Waals surface area contributed by atoms with Crippen molar-refractivity contribution in [2.45, 2.75) is 175 Å². The van der Waals surface area contributed by atoms with Crippen LogP contribution in [0.4, 0.5) is 0 Å². The van der Waals surface area contributed by atoms with Gasteiger partial charge < -0.3 is 29.6 Å². The summed E-state index contributed by atoms with van der Waals surface area (Å²) >= 11 is 0. The van der Waals surface area contributed by atoms with Crippen LogP contribution in [0.2, 0.25) is 0 Å². The van der Waals surface area contributed by atoms with Gasteiger partial charge in [0.2, 0.25) is 0 Å². The van der Waals surface area contributed by atoms with E-state index in [2.05, 4.69) is 52.0 Å². The summed E-state index contributed by atoms with van der Waals surface area (Å²) in [6.45, 7) is 7.69. The Balaban J connectivity index is 2.30. The van der Waals surface area contributed by atoms with Crippen molar-refractivity contribution in [3.8, 4) is 0 Å². The van der Waals surface area contributed by atoms with Crippen LogP contribution in [0.1, 0.15) is 158 Å². The van der Waals surface area contributed by atoms with Crippen LogP contribution in [0.15, 0.2) is 53.0 Å². The molecule has 3 atom stereocenters. The number of aliphatic hydroxyl groups excluding tert-OH is 1. The van der Waals surface area contributed by atoms with E-state index in [4.69, 9.17) is 28.7 Å². The number of phosphoric acid groups is 1. The van der Waals surface area contributed by atoms with Crippen molar-refractivity contribution >= 4 is 19.8 Å². The van der Waals surface area contributed by atoms with E-state index >= 15 is 0 Å². The third-order valence-electron chi connectivity index (χ3n) is 9.46. The molecule has 0 aliphatic heterocycles. The molecule has 0 aliphatic rings. The standard InChI is InChI=1S/C45H76NO10P/c1-5-7-29-40(47)30-24-20-16-12-10-8-9-11-13-18-22-26-32-44(48)52-36-41(37-54-57(50,51)53-35-34-46)55-45(49)33-27-23-19-15-14-17-21-25-31-43-39(4)38(3)42(56-43)28-6-2/h8-9,12-13,16,18,24,30,40-41,47H,5-7,10-11,14-15,17,19-23,25-29,31-37,46H2,1-4H3,(H,50,51)/b9-8-,16-12-,18-13-,30-24-/t40-,41+/m0/s1. The number of carbonyl (C=O) groups is 2. The Hall–Kier alpha value is -2.79. The van der Waals surface area contributed by atoms with Gasteiger partial charge in [-0.2, -0.15) is 0 Å². The van der Waals surface area contributed by atoms with Crippen LogP contribution in [0, 0.1) is 13.8 Å². The highest BCUT2D eigenvalue weighted by molar-refractivity contribution is 7.47. The highest BCUT2D eigenvalue weighted by Gasteiger charge is 2.26. The van der Waals surface area contributed by atoms with Crippen molar-refractivity contribution in [3.63, 3.8) is 0 Å². The Morgan fingerprint density at radius 3 is 1.93 bits per heavy atom. The molecule has 0 amide bonds. The molecule has 0 saturated carbocycles. The summed E-state index contributed by atoms with van der Waals surface area (Å²) in [5.41, 5.74) is 7.95. The van der Waals surface area contributed by atoms with Crippen LogP contribution in [0.5, 0.6) is 0 Å². The van der Waals surface area contributed by atoms with E-state index in [-0.39, 0.29) is 38.7 Å². The average Bonchev–Trinajstić information content (AvgIpc) is 3.45. The monoisotopic (exact) mass is 822 g/mol. The molecule has 0 radical (unpaired) electrons. The van der Waals surface area contributed by atoms with Crippen LogP contribution in [0.25, 0.3) is 0 Å². The third kappa shape index (κ3) is 28.3. The van der Waals surface area contributed by atoms with Gasteiger partial charge in [-0.15, -0.1) is 0 Å². The van der Waals surface area contributed by atoms with Crippen LogP contribution < -0.4 is 5.73 Å². The van der Waals surface area contributed by atoms with Gasteiger partial charge in [-0.3, -0.25) is 18.6 Å². The molecule has 0 saturated heterocycles. The minimum atomic E-state index is -4.41. The topological polar surface area (TPSA) is 168 Å². The number of allylic oxidation sites excluding steroid dienone is 7. The third-order valence-corrected chi connectivity index (χ3v) is 10.4. The molecule has 1 aromatic heterocycles. The summed E-state index contributed by atoms with van der Waals surface area (Å²) < 4.78 is 38.8. The first kappa shape index (κ1) is 52.2. The predicted octanol–water partition coefficient (Wildman–Crippen LogP) is 10.6. The molecule has 12 heteroatoms.